The van der Waals surface area contributed by atoms with Gasteiger partial charge >= 0.3 is 0 Å². The van der Waals surface area contributed by atoms with Crippen molar-refractivity contribution < 1.29 is 13.5 Å². The van der Waals surface area contributed by atoms with Crippen LogP contribution in [-0.2, 0) is 0 Å². The van der Waals surface area contributed by atoms with Gasteiger partial charge in [0.2, 0.25) is 5.92 Å². The van der Waals surface area contributed by atoms with Crippen molar-refractivity contribution in [1.29, 1.82) is 5.26 Å². The van der Waals surface area contributed by atoms with E-state index in [1.54, 1.807) is 18.2 Å². The molecule has 0 amide bonds. The second-order valence-electron chi connectivity index (χ2n) is 3.31. The molecule has 0 aliphatic rings. The molecule has 1 aromatic carbocycles. The molecular weight excluding hydrogens is 200 g/mol. The molecule has 0 saturated carbocycles. The maximum absolute atomic E-state index is 12.4. The highest BCUT2D eigenvalue weighted by atomic mass is 19.3. The van der Waals surface area contributed by atoms with Gasteiger partial charge in [0.05, 0.1) is 18.2 Å². The summed E-state index contributed by atoms with van der Waals surface area (Å²) in [5.74, 6) is -2.27. The van der Waals surface area contributed by atoms with Crippen LogP contribution in [0.3, 0.4) is 0 Å². The number of benzene rings is 1. The van der Waals surface area contributed by atoms with Gasteiger partial charge in [-0.25, -0.2) is 8.78 Å². The normalized spacial score (nSPS) is 10.8. The van der Waals surface area contributed by atoms with Crippen molar-refractivity contribution in [3.05, 3.63) is 29.8 Å². The van der Waals surface area contributed by atoms with E-state index in [9.17, 15) is 8.78 Å². The molecule has 0 saturated heterocycles. The lowest BCUT2D eigenvalue weighted by Gasteiger charge is -2.11. The predicted molar refractivity (Wildman–Crippen MR) is 51.9 cm³/mol. The van der Waals surface area contributed by atoms with Crippen LogP contribution in [0.25, 0.3) is 0 Å². The van der Waals surface area contributed by atoms with E-state index in [2.05, 4.69) is 0 Å². The molecule has 0 aliphatic carbocycles. The maximum atomic E-state index is 12.4. The van der Waals surface area contributed by atoms with Gasteiger partial charge in [-0.3, -0.25) is 0 Å². The van der Waals surface area contributed by atoms with Gasteiger partial charge in [0, 0.05) is 6.42 Å². The summed E-state index contributed by atoms with van der Waals surface area (Å²) in [5, 5.41) is 8.59. The minimum absolute atomic E-state index is 0.0572. The highest BCUT2D eigenvalue weighted by Gasteiger charge is 2.20. The van der Waals surface area contributed by atoms with Crippen molar-refractivity contribution in [2.45, 2.75) is 19.3 Å². The predicted octanol–water partition coefficient (Wildman–Crippen LogP) is 2.98. The Bertz CT molecular complexity index is 366. The lowest BCUT2D eigenvalue weighted by atomic mass is 10.2. The summed E-state index contributed by atoms with van der Waals surface area (Å²) in [6, 6.07) is 8.38. The maximum Gasteiger partial charge on any atom is 0.248 e. The fraction of sp³-hybridized carbons (Fsp3) is 0.364. The molecule has 15 heavy (non-hydrogen) atoms. The molecule has 1 rings (SSSR count). The van der Waals surface area contributed by atoms with Crippen LogP contribution >= 0.6 is 0 Å². The third kappa shape index (κ3) is 4.41. The number of hydrogen-bond acceptors (Lipinski definition) is 2. The largest absolute Gasteiger partial charge is 0.493 e. The molecule has 0 radical (unpaired) electrons. The molecule has 4 heteroatoms. The SMILES string of the molecule is CC(F)(F)CCOc1cccc(C#N)c1. The number of nitriles is 1. The van der Waals surface area contributed by atoms with Gasteiger partial charge in [-0.1, -0.05) is 6.07 Å². The van der Waals surface area contributed by atoms with Gasteiger partial charge < -0.3 is 4.74 Å². The molecule has 0 aromatic heterocycles. The molecule has 0 bridgehead atoms. The Hall–Kier alpha value is -1.63. The third-order valence-corrected chi connectivity index (χ3v) is 1.77. The van der Waals surface area contributed by atoms with Crippen molar-refractivity contribution in [2.24, 2.45) is 0 Å². The van der Waals surface area contributed by atoms with Crippen LogP contribution in [0.15, 0.2) is 24.3 Å². The number of hydrogen-bond donors (Lipinski definition) is 0. The molecule has 2 nitrogen and oxygen atoms in total. The Morgan fingerprint density at radius 1 is 1.47 bits per heavy atom. The standard InChI is InChI=1S/C11H11F2NO/c1-11(12,13)5-6-15-10-4-2-3-9(7-10)8-14/h2-4,7H,5-6H2,1H3. The van der Waals surface area contributed by atoms with Crippen LogP contribution in [-0.4, -0.2) is 12.5 Å². The molecule has 1 aromatic rings. The average Bonchev–Trinajstić information content (AvgIpc) is 2.16. The van der Waals surface area contributed by atoms with E-state index in [0.29, 0.717) is 11.3 Å². The summed E-state index contributed by atoms with van der Waals surface area (Å²) in [7, 11) is 0. The van der Waals surface area contributed by atoms with Gasteiger partial charge in [0.15, 0.2) is 0 Å². The third-order valence-electron chi connectivity index (χ3n) is 1.77. The smallest absolute Gasteiger partial charge is 0.248 e. The highest BCUT2D eigenvalue weighted by molar-refractivity contribution is 5.36. The number of alkyl halides is 2. The van der Waals surface area contributed by atoms with Crippen LogP contribution in [0.2, 0.25) is 0 Å². The van der Waals surface area contributed by atoms with Crippen molar-refractivity contribution in [2.75, 3.05) is 6.61 Å². The van der Waals surface area contributed by atoms with E-state index in [0.717, 1.165) is 6.92 Å². The monoisotopic (exact) mass is 211 g/mol. The molecule has 0 spiro atoms. The number of halogens is 2. The zero-order valence-corrected chi connectivity index (χ0v) is 8.34. The van der Waals surface area contributed by atoms with Gasteiger partial charge in [-0.15, -0.1) is 0 Å². The van der Waals surface area contributed by atoms with Crippen LogP contribution in [0, 0.1) is 11.3 Å². The summed E-state index contributed by atoms with van der Waals surface area (Å²) in [6.07, 6.45) is -0.330. The van der Waals surface area contributed by atoms with Crippen molar-refractivity contribution in [1.82, 2.24) is 0 Å². The average molecular weight is 211 g/mol. The zero-order valence-electron chi connectivity index (χ0n) is 8.34. The van der Waals surface area contributed by atoms with E-state index in [1.807, 2.05) is 6.07 Å². The van der Waals surface area contributed by atoms with Crippen LogP contribution in [0.4, 0.5) is 8.78 Å². The fourth-order valence-corrected chi connectivity index (χ4v) is 1.00. The topological polar surface area (TPSA) is 33.0 Å². The summed E-state index contributed by atoms with van der Waals surface area (Å²) in [4.78, 5) is 0. The zero-order chi connectivity index (χ0) is 11.3. The van der Waals surface area contributed by atoms with Gasteiger partial charge in [0.1, 0.15) is 5.75 Å². The first-order chi connectivity index (χ1) is 7.01. The first-order valence-electron chi connectivity index (χ1n) is 4.52. The Morgan fingerprint density at radius 2 is 2.20 bits per heavy atom. The summed E-state index contributed by atoms with van der Waals surface area (Å²) in [6.45, 7) is 0.792. The van der Waals surface area contributed by atoms with Crippen molar-refractivity contribution in [3.63, 3.8) is 0 Å². The van der Waals surface area contributed by atoms with E-state index in [-0.39, 0.29) is 13.0 Å². The fourth-order valence-electron chi connectivity index (χ4n) is 1.00. The number of rotatable bonds is 4. The molecule has 80 valence electrons. The summed E-state index contributed by atoms with van der Waals surface area (Å²) >= 11 is 0. The Labute approximate surface area is 87.1 Å². The molecule has 0 unspecified atom stereocenters. The van der Waals surface area contributed by atoms with Gasteiger partial charge in [0.25, 0.3) is 0 Å². The number of nitrogens with zero attached hydrogens (tertiary/aromatic N) is 1. The molecule has 0 atom stereocenters. The van der Waals surface area contributed by atoms with Crippen LogP contribution < -0.4 is 4.74 Å². The van der Waals surface area contributed by atoms with Crippen molar-refractivity contribution in [3.8, 4) is 11.8 Å². The second-order valence-corrected chi connectivity index (χ2v) is 3.31. The molecule has 0 fully saturated rings. The molecule has 0 N–H and O–H groups in total. The summed E-state index contributed by atoms with van der Waals surface area (Å²) in [5.41, 5.74) is 0.454. The number of ether oxygens (including phenoxy) is 1. The van der Waals surface area contributed by atoms with E-state index in [4.69, 9.17) is 10.00 Å². The lowest BCUT2D eigenvalue weighted by Crippen LogP contribution is -2.14. The Morgan fingerprint density at radius 3 is 2.80 bits per heavy atom. The summed E-state index contributed by atoms with van der Waals surface area (Å²) < 4.78 is 30.0. The Balaban J connectivity index is 2.48. The lowest BCUT2D eigenvalue weighted by molar-refractivity contribution is 0.000865. The minimum Gasteiger partial charge on any atom is -0.493 e. The molecule has 0 aliphatic heterocycles. The molecule has 0 heterocycles. The van der Waals surface area contributed by atoms with Gasteiger partial charge in [-0.2, -0.15) is 5.26 Å². The van der Waals surface area contributed by atoms with E-state index in [1.165, 1.54) is 6.07 Å². The van der Waals surface area contributed by atoms with E-state index < -0.39 is 5.92 Å². The van der Waals surface area contributed by atoms with Crippen LogP contribution in [0.1, 0.15) is 18.9 Å². The van der Waals surface area contributed by atoms with Crippen LogP contribution in [0.5, 0.6) is 5.75 Å². The highest BCUT2D eigenvalue weighted by Crippen LogP contribution is 2.18. The van der Waals surface area contributed by atoms with E-state index >= 15 is 0 Å². The van der Waals surface area contributed by atoms with Crippen molar-refractivity contribution >= 4 is 0 Å². The minimum atomic E-state index is -2.72. The molecular formula is C11H11F2NO. The quantitative estimate of drug-likeness (QED) is 0.767. The Kier molecular flexibility index (Phi) is 3.62. The first-order valence-corrected chi connectivity index (χ1v) is 4.52. The second kappa shape index (κ2) is 4.74. The first kappa shape index (κ1) is 11.4. The van der Waals surface area contributed by atoms with Gasteiger partial charge in [-0.05, 0) is 25.1 Å².